The fourth-order valence-corrected chi connectivity index (χ4v) is 4.21. The normalized spacial score (nSPS) is 15.1. The second-order valence-electron chi connectivity index (χ2n) is 9.13. The molecule has 0 aromatic heterocycles. The van der Waals surface area contributed by atoms with Gasteiger partial charge in [-0.1, -0.05) is 12.1 Å². The van der Waals surface area contributed by atoms with Gasteiger partial charge in [0.15, 0.2) is 0 Å². The summed E-state index contributed by atoms with van der Waals surface area (Å²) in [5, 5.41) is 19.4. The molecule has 3 N–H and O–H groups in total. The van der Waals surface area contributed by atoms with Gasteiger partial charge in [-0.2, -0.15) is 13.2 Å². The Hall–Kier alpha value is -4.61. The van der Waals surface area contributed by atoms with Crippen LogP contribution in [0, 0.1) is 12.7 Å². The van der Waals surface area contributed by atoms with Crippen LogP contribution in [0.5, 0.6) is 0 Å². The number of nitrogens with one attached hydrogen (secondary N) is 1. The fraction of sp³-hybridized carbons (Fsp3) is 0.250. The summed E-state index contributed by atoms with van der Waals surface area (Å²) in [4.78, 5) is 37.7. The number of amides is 1. The molecule has 0 radical (unpaired) electrons. The van der Waals surface area contributed by atoms with Gasteiger partial charge in [-0.3, -0.25) is 4.79 Å². The van der Waals surface area contributed by atoms with E-state index in [-0.39, 0.29) is 11.6 Å². The van der Waals surface area contributed by atoms with Crippen molar-refractivity contribution >= 4 is 34.9 Å². The maximum Gasteiger partial charge on any atom is 0.490 e. The summed E-state index contributed by atoms with van der Waals surface area (Å²) < 4.78 is 45.0. The Morgan fingerprint density at radius 2 is 1.55 bits per heavy atom. The molecule has 0 saturated carbocycles. The number of aliphatic carboxylic acids is 1. The zero-order chi connectivity index (χ0) is 29.6. The summed E-state index contributed by atoms with van der Waals surface area (Å²) in [5.74, 6) is -4.69. The van der Waals surface area contributed by atoms with Crippen LogP contribution in [-0.2, 0) is 4.79 Å². The second-order valence-corrected chi connectivity index (χ2v) is 9.13. The molecule has 3 aromatic rings. The van der Waals surface area contributed by atoms with Gasteiger partial charge in [0.25, 0.3) is 5.91 Å². The lowest BCUT2D eigenvalue weighted by Gasteiger charge is -2.43. The quantitative estimate of drug-likeness (QED) is 0.356. The largest absolute Gasteiger partial charge is 0.490 e. The molecule has 0 aliphatic carbocycles. The monoisotopic (exact) mass is 561 g/mol. The zero-order valence-electron chi connectivity index (χ0n) is 21.6. The molecule has 1 aliphatic rings. The number of carboxylic acid groups (broad SMARTS) is 2. The van der Waals surface area contributed by atoms with Crippen molar-refractivity contribution in [2.75, 3.05) is 34.8 Å². The maximum atomic E-state index is 13.2. The van der Waals surface area contributed by atoms with E-state index in [9.17, 15) is 32.3 Å². The predicted molar refractivity (Wildman–Crippen MR) is 142 cm³/mol. The number of carboxylic acids is 2. The van der Waals surface area contributed by atoms with E-state index in [0.29, 0.717) is 24.3 Å². The highest BCUT2D eigenvalue weighted by atomic mass is 19.4. The lowest BCUT2D eigenvalue weighted by atomic mass is 10.1. The summed E-state index contributed by atoms with van der Waals surface area (Å²) in [7, 11) is 0. The van der Waals surface area contributed by atoms with E-state index >= 15 is 0 Å². The third-order valence-electron chi connectivity index (χ3n) is 6.14. The Morgan fingerprint density at radius 1 is 0.925 bits per heavy atom. The summed E-state index contributed by atoms with van der Waals surface area (Å²) in [6.45, 7) is 6.43. The first-order valence-electron chi connectivity index (χ1n) is 12.1. The lowest BCUT2D eigenvalue weighted by Crippen LogP contribution is -2.52. The van der Waals surface area contributed by atoms with Gasteiger partial charge < -0.3 is 25.3 Å². The van der Waals surface area contributed by atoms with Gasteiger partial charge in [0.05, 0.1) is 16.9 Å². The Bertz CT molecular complexity index is 1380. The Balaban J connectivity index is 0.000000559. The standard InChI is InChI=1S/C26H26FN3O3.C2HF3O2/c1-17-4-3-5-22(14-17)30-13-12-29(16-18(30)2)24-11-8-20(26(32)33)15-23(24)28-25(31)19-6-9-21(27)10-7-19;3-2(4,5)1(6)7/h3-11,14-15,18H,12-13,16H2,1-2H3,(H,28,31)(H,32,33);(H,6,7). The molecule has 1 amide bonds. The Kier molecular flexibility index (Phi) is 9.35. The average molecular weight is 562 g/mol. The number of benzene rings is 3. The van der Waals surface area contributed by atoms with E-state index < -0.39 is 29.8 Å². The van der Waals surface area contributed by atoms with Gasteiger partial charge >= 0.3 is 18.1 Å². The minimum Gasteiger partial charge on any atom is -0.478 e. The van der Waals surface area contributed by atoms with Crippen LogP contribution in [-0.4, -0.2) is 59.9 Å². The molecule has 212 valence electrons. The van der Waals surface area contributed by atoms with Crippen molar-refractivity contribution in [3.05, 3.63) is 89.2 Å². The molecule has 12 heteroatoms. The maximum absolute atomic E-state index is 13.2. The smallest absolute Gasteiger partial charge is 0.478 e. The molecule has 8 nitrogen and oxygen atoms in total. The number of anilines is 3. The van der Waals surface area contributed by atoms with Crippen LogP contribution in [0.25, 0.3) is 0 Å². The van der Waals surface area contributed by atoms with Crippen LogP contribution in [0.3, 0.4) is 0 Å². The van der Waals surface area contributed by atoms with Crippen molar-refractivity contribution in [1.82, 2.24) is 0 Å². The predicted octanol–water partition coefficient (Wildman–Crippen LogP) is 5.43. The topological polar surface area (TPSA) is 110 Å². The highest BCUT2D eigenvalue weighted by Gasteiger charge is 2.38. The molecular formula is C28H27F4N3O5. The summed E-state index contributed by atoms with van der Waals surface area (Å²) >= 11 is 0. The lowest BCUT2D eigenvalue weighted by molar-refractivity contribution is -0.192. The number of piperazine rings is 1. The average Bonchev–Trinajstić information content (AvgIpc) is 2.88. The van der Waals surface area contributed by atoms with Crippen LogP contribution < -0.4 is 15.1 Å². The number of hydrogen-bond acceptors (Lipinski definition) is 5. The molecule has 1 heterocycles. The van der Waals surface area contributed by atoms with Crippen molar-refractivity contribution in [1.29, 1.82) is 0 Å². The van der Waals surface area contributed by atoms with Gasteiger partial charge in [-0.05, 0) is 74.0 Å². The first-order chi connectivity index (χ1) is 18.8. The molecule has 1 saturated heterocycles. The number of hydrogen-bond donors (Lipinski definition) is 3. The van der Waals surface area contributed by atoms with Gasteiger partial charge in [-0.15, -0.1) is 0 Å². The first kappa shape index (κ1) is 29.9. The molecule has 1 atom stereocenters. The first-order valence-corrected chi connectivity index (χ1v) is 12.1. The minimum absolute atomic E-state index is 0.0830. The van der Waals surface area contributed by atoms with E-state index in [1.807, 2.05) is 0 Å². The summed E-state index contributed by atoms with van der Waals surface area (Å²) in [6.07, 6.45) is -5.08. The Labute approximate surface area is 227 Å². The van der Waals surface area contributed by atoms with Crippen molar-refractivity contribution in [2.24, 2.45) is 0 Å². The molecule has 4 rings (SSSR count). The van der Waals surface area contributed by atoms with E-state index in [1.165, 1.54) is 41.6 Å². The summed E-state index contributed by atoms with van der Waals surface area (Å²) in [5.41, 5.74) is 3.93. The van der Waals surface area contributed by atoms with E-state index in [4.69, 9.17) is 9.90 Å². The summed E-state index contributed by atoms with van der Waals surface area (Å²) in [6, 6.07) is 18.6. The van der Waals surface area contributed by atoms with Gasteiger partial charge in [0.1, 0.15) is 5.82 Å². The number of carbonyl (C=O) groups is 3. The SMILES string of the molecule is Cc1cccc(N2CCN(c3ccc(C(=O)O)cc3NC(=O)c3ccc(F)cc3)CC2C)c1.O=C(O)C(F)(F)F. The molecule has 1 fully saturated rings. The fourth-order valence-electron chi connectivity index (χ4n) is 4.21. The molecule has 1 unspecified atom stereocenters. The van der Waals surface area contributed by atoms with E-state index in [2.05, 4.69) is 53.2 Å². The number of nitrogens with zero attached hydrogens (tertiary/aromatic N) is 2. The van der Waals surface area contributed by atoms with E-state index in [0.717, 1.165) is 12.2 Å². The third kappa shape index (κ3) is 7.71. The molecule has 0 bridgehead atoms. The van der Waals surface area contributed by atoms with Crippen molar-refractivity contribution in [3.8, 4) is 0 Å². The molecule has 0 spiro atoms. The Morgan fingerprint density at radius 3 is 2.10 bits per heavy atom. The van der Waals surface area contributed by atoms with Crippen molar-refractivity contribution in [2.45, 2.75) is 26.1 Å². The van der Waals surface area contributed by atoms with Crippen molar-refractivity contribution in [3.63, 3.8) is 0 Å². The van der Waals surface area contributed by atoms with Gasteiger partial charge in [0.2, 0.25) is 0 Å². The van der Waals surface area contributed by atoms with Gasteiger partial charge in [0, 0.05) is 36.9 Å². The molecular weight excluding hydrogens is 534 g/mol. The number of aromatic carboxylic acids is 1. The van der Waals surface area contributed by atoms with Crippen LogP contribution in [0.15, 0.2) is 66.7 Å². The number of carbonyl (C=O) groups excluding carboxylic acids is 1. The number of rotatable bonds is 5. The molecule has 3 aromatic carbocycles. The number of halogens is 4. The highest BCUT2D eigenvalue weighted by molar-refractivity contribution is 6.06. The number of alkyl halides is 3. The number of aryl methyl sites for hydroxylation is 1. The van der Waals surface area contributed by atoms with Crippen LogP contribution >= 0.6 is 0 Å². The zero-order valence-corrected chi connectivity index (χ0v) is 21.6. The molecule has 1 aliphatic heterocycles. The van der Waals surface area contributed by atoms with Crippen LogP contribution in [0.2, 0.25) is 0 Å². The molecule has 40 heavy (non-hydrogen) atoms. The van der Waals surface area contributed by atoms with Gasteiger partial charge in [-0.25, -0.2) is 14.0 Å². The van der Waals surface area contributed by atoms with E-state index in [1.54, 1.807) is 12.1 Å². The highest BCUT2D eigenvalue weighted by Crippen LogP contribution is 2.31. The third-order valence-corrected chi connectivity index (χ3v) is 6.14. The minimum atomic E-state index is -5.08. The van der Waals surface area contributed by atoms with Crippen LogP contribution in [0.4, 0.5) is 34.6 Å². The second kappa shape index (κ2) is 12.5. The van der Waals surface area contributed by atoms with Crippen molar-refractivity contribution < 1.29 is 42.2 Å². The van der Waals surface area contributed by atoms with Crippen LogP contribution in [0.1, 0.15) is 33.2 Å².